The normalized spacial score (nSPS) is 17.7. The number of aromatic nitrogens is 2. The van der Waals surface area contributed by atoms with E-state index in [0.717, 1.165) is 30.0 Å². The molecule has 1 aliphatic heterocycles. The van der Waals surface area contributed by atoms with Gasteiger partial charge in [-0.2, -0.15) is 5.10 Å². The van der Waals surface area contributed by atoms with E-state index in [4.69, 9.17) is 4.74 Å². The van der Waals surface area contributed by atoms with E-state index in [9.17, 15) is 4.79 Å². The average molecular weight is 405 g/mol. The third-order valence-corrected chi connectivity index (χ3v) is 5.75. The minimum absolute atomic E-state index is 0.131. The molecule has 0 bridgehead atoms. The topological polar surface area (TPSA) is 68.2 Å². The third kappa shape index (κ3) is 4.03. The second-order valence-corrected chi connectivity index (χ2v) is 7.76. The lowest BCUT2D eigenvalue weighted by Gasteiger charge is -2.31. The summed E-state index contributed by atoms with van der Waals surface area (Å²) in [6.07, 6.45) is 3.61. The maximum atomic E-state index is 12.9. The van der Waals surface area contributed by atoms with Crippen LogP contribution in [0.1, 0.15) is 59.4 Å². The lowest BCUT2D eigenvalue weighted by Crippen LogP contribution is -2.28. The first-order chi connectivity index (χ1) is 14.6. The molecular formula is C24H28N4O2. The number of nitrogens with zero attached hydrogens (tertiary/aromatic N) is 2. The largest absolute Gasteiger partial charge is 0.497 e. The number of amides is 1. The number of hydrogen-bond acceptors (Lipinski definition) is 4. The first-order valence-electron chi connectivity index (χ1n) is 10.4. The molecule has 0 spiro atoms. The van der Waals surface area contributed by atoms with E-state index in [0.29, 0.717) is 12.1 Å². The van der Waals surface area contributed by atoms with Crippen LogP contribution in [0.2, 0.25) is 0 Å². The molecular weight excluding hydrogens is 376 g/mol. The Labute approximate surface area is 177 Å². The minimum atomic E-state index is -0.131. The van der Waals surface area contributed by atoms with Gasteiger partial charge in [-0.05, 0) is 48.6 Å². The quantitative estimate of drug-likeness (QED) is 0.635. The lowest BCUT2D eigenvalue weighted by atomic mass is 9.96. The van der Waals surface area contributed by atoms with Gasteiger partial charge in [-0.25, -0.2) is 4.68 Å². The number of rotatable bonds is 6. The molecule has 1 aliphatic rings. The van der Waals surface area contributed by atoms with Crippen LogP contribution in [0.15, 0.2) is 54.7 Å². The van der Waals surface area contributed by atoms with Gasteiger partial charge in [0.15, 0.2) is 0 Å². The Hall–Kier alpha value is -3.28. The molecule has 2 N–H and O–H groups in total. The molecule has 3 aromatic rings. The highest BCUT2D eigenvalue weighted by Gasteiger charge is 2.29. The van der Waals surface area contributed by atoms with Crippen LogP contribution in [0.25, 0.3) is 0 Å². The van der Waals surface area contributed by atoms with Crippen LogP contribution in [0.5, 0.6) is 5.75 Å². The predicted octanol–water partition coefficient (Wildman–Crippen LogP) is 4.50. The van der Waals surface area contributed by atoms with Crippen LogP contribution < -0.4 is 15.4 Å². The van der Waals surface area contributed by atoms with E-state index in [1.165, 1.54) is 11.1 Å². The Morgan fingerprint density at radius 3 is 2.53 bits per heavy atom. The van der Waals surface area contributed by atoms with Crippen molar-refractivity contribution in [2.75, 3.05) is 12.4 Å². The Balaban J connectivity index is 1.49. The number of methoxy groups -OCH3 is 1. The van der Waals surface area contributed by atoms with E-state index in [-0.39, 0.29) is 18.0 Å². The zero-order valence-corrected chi connectivity index (χ0v) is 17.7. The fraction of sp³-hybridized carbons (Fsp3) is 0.333. The number of anilines is 1. The molecule has 6 nitrogen and oxygen atoms in total. The van der Waals surface area contributed by atoms with Crippen molar-refractivity contribution in [3.8, 4) is 5.75 Å². The minimum Gasteiger partial charge on any atom is -0.497 e. The van der Waals surface area contributed by atoms with E-state index in [1.807, 2.05) is 28.9 Å². The van der Waals surface area contributed by atoms with E-state index < -0.39 is 0 Å². The summed E-state index contributed by atoms with van der Waals surface area (Å²) in [7, 11) is 1.64. The van der Waals surface area contributed by atoms with Crippen molar-refractivity contribution in [3.63, 3.8) is 0 Å². The van der Waals surface area contributed by atoms with Gasteiger partial charge in [0.25, 0.3) is 5.91 Å². The molecule has 0 fully saturated rings. The standard InChI is InChI=1S/C24H28N4O2/c1-4-17-5-9-19(10-6-17)22-13-16(2)28-23(27-22)21(15-26-28)24(29)25-14-18-7-11-20(30-3)12-8-18/h5-12,15-16,22,27H,4,13-14H2,1-3H3,(H,25,29)/t16-,22-/m0/s1. The summed E-state index contributed by atoms with van der Waals surface area (Å²) in [6.45, 7) is 4.75. The van der Waals surface area contributed by atoms with Gasteiger partial charge in [0, 0.05) is 6.54 Å². The van der Waals surface area contributed by atoms with Crippen molar-refractivity contribution >= 4 is 11.7 Å². The average Bonchev–Trinajstić information content (AvgIpc) is 3.22. The van der Waals surface area contributed by atoms with E-state index in [1.54, 1.807) is 13.3 Å². The fourth-order valence-corrected chi connectivity index (χ4v) is 3.90. The van der Waals surface area contributed by atoms with Crippen LogP contribution >= 0.6 is 0 Å². The van der Waals surface area contributed by atoms with Crippen LogP contribution in [-0.2, 0) is 13.0 Å². The van der Waals surface area contributed by atoms with Crippen molar-refractivity contribution in [1.82, 2.24) is 15.1 Å². The number of ether oxygens (including phenoxy) is 1. The van der Waals surface area contributed by atoms with Crippen molar-refractivity contribution in [2.24, 2.45) is 0 Å². The van der Waals surface area contributed by atoms with Gasteiger partial charge >= 0.3 is 0 Å². The fourth-order valence-electron chi connectivity index (χ4n) is 3.90. The molecule has 2 aromatic carbocycles. The summed E-state index contributed by atoms with van der Waals surface area (Å²) in [5.41, 5.74) is 4.15. The SMILES string of the molecule is CCc1ccc([C@@H]2C[C@H](C)n3ncc(C(=O)NCc4ccc(OC)cc4)c3N2)cc1. The molecule has 4 rings (SSSR count). The van der Waals surface area contributed by atoms with Crippen LogP contribution in [0, 0.1) is 0 Å². The van der Waals surface area contributed by atoms with Gasteiger partial charge in [-0.3, -0.25) is 4.79 Å². The van der Waals surface area contributed by atoms with Gasteiger partial charge in [-0.1, -0.05) is 43.3 Å². The maximum Gasteiger partial charge on any atom is 0.256 e. The van der Waals surface area contributed by atoms with E-state index in [2.05, 4.69) is 53.8 Å². The molecule has 0 radical (unpaired) electrons. The van der Waals surface area contributed by atoms with Crippen molar-refractivity contribution in [3.05, 3.63) is 77.0 Å². The number of carbonyl (C=O) groups is 1. The number of aryl methyl sites for hydroxylation is 1. The Bertz CT molecular complexity index is 1010. The summed E-state index contributed by atoms with van der Waals surface area (Å²) in [6, 6.07) is 16.8. The second-order valence-electron chi connectivity index (χ2n) is 7.76. The third-order valence-electron chi connectivity index (χ3n) is 5.75. The highest BCUT2D eigenvalue weighted by Crippen LogP contribution is 2.36. The molecule has 0 unspecified atom stereocenters. The molecule has 1 aromatic heterocycles. The summed E-state index contributed by atoms with van der Waals surface area (Å²) in [5.74, 6) is 1.45. The van der Waals surface area contributed by atoms with Gasteiger partial charge in [-0.15, -0.1) is 0 Å². The Kier molecular flexibility index (Phi) is 5.74. The molecule has 0 saturated heterocycles. The predicted molar refractivity (Wildman–Crippen MR) is 118 cm³/mol. The maximum absolute atomic E-state index is 12.9. The molecule has 2 heterocycles. The molecule has 156 valence electrons. The number of hydrogen-bond donors (Lipinski definition) is 2. The lowest BCUT2D eigenvalue weighted by molar-refractivity contribution is 0.0951. The summed E-state index contributed by atoms with van der Waals surface area (Å²) < 4.78 is 7.09. The van der Waals surface area contributed by atoms with Gasteiger partial charge in [0.05, 0.1) is 25.4 Å². The second kappa shape index (κ2) is 8.61. The molecule has 6 heteroatoms. The zero-order valence-electron chi connectivity index (χ0n) is 17.7. The smallest absolute Gasteiger partial charge is 0.256 e. The number of benzene rings is 2. The Morgan fingerprint density at radius 1 is 1.17 bits per heavy atom. The highest BCUT2D eigenvalue weighted by molar-refractivity contribution is 5.98. The zero-order chi connectivity index (χ0) is 21.1. The summed E-state index contributed by atoms with van der Waals surface area (Å²) >= 11 is 0. The monoisotopic (exact) mass is 404 g/mol. The van der Waals surface area contributed by atoms with Crippen molar-refractivity contribution in [2.45, 2.75) is 45.3 Å². The van der Waals surface area contributed by atoms with Gasteiger partial charge in [0.1, 0.15) is 17.1 Å². The van der Waals surface area contributed by atoms with Crippen molar-refractivity contribution < 1.29 is 9.53 Å². The van der Waals surface area contributed by atoms with Gasteiger partial charge < -0.3 is 15.4 Å². The highest BCUT2D eigenvalue weighted by atomic mass is 16.5. The molecule has 30 heavy (non-hydrogen) atoms. The Morgan fingerprint density at radius 2 is 1.87 bits per heavy atom. The summed E-state index contributed by atoms with van der Waals surface area (Å²) in [5, 5.41) is 11.0. The molecule has 0 aliphatic carbocycles. The molecule has 0 saturated carbocycles. The first kappa shape index (κ1) is 20.0. The van der Waals surface area contributed by atoms with Gasteiger partial charge in [0.2, 0.25) is 0 Å². The van der Waals surface area contributed by atoms with Crippen LogP contribution in [-0.4, -0.2) is 22.8 Å². The number of fused-ring (bicyclic) bond motifs is 1. The van der Waals surface area contributed by atoms with E-state index >= 15 is 0 Å². The van der Waals surface area contributed by atoms with Crippen LogP contribution in [0.4, 0.5) is 5.82 Å². The number of carbonyl (C=O) groups excluding carboxylic acids is 1. The van der Waals surface area contributed by atoms with Crippen molar-refractivity contribution in [1.29, 1.82) is 0 Å². The summed E-state index contributed by atoms with van der Waals surface area (Å²) in [4.78, 5) is 12.9. The molecule has 1 amide bonds. The van der Waals surface area contributed by atoms with Crippen LogP contribution in [0.3, 0.4) is 0 Å². The molecule has 2 atom stereocenters. The first-order valence-corrected chi connectivity index (χ1v) is 10.4. The number of nitrogens with one attached hydrogen (secondary N) is 2.